The van der Waals surface area contributed by atoms with Gasteiger partial charge in [-0.2, -0.15) is 0 Å². The number of alkyl halides is 1. The number of unbranched alkanes of at least 4 members (excludes halogenated alkanes) is 3. The third kappa shape index (κ3) is 6.19. The van der Waals surface area contributed by atoms with E-state index in [1.54, 1.807) is 0 Å². The molecular formula is C27H47FN2O3Sn. The maximum absolute atomic E-state index is 13.0. The average molecular weight is 585 g/mol. The summed E-state index contributed by atoms with van der Waals surface area (Å²) in [7, 11) is 1.48. The van der Waals surface area contributed by atoms with Crippen molar-refractivity contribution in [1.29, 1.82) is 0 Å². The van der Waals surface area contributed by atoms with Crippen molar-refractivity contribution in [2.24, 2.45) is 5.92 Å². The first-order chi connectivity index (χ1) is 16.5. The molecule has 0 amide bonds. The van der Waals surface area contributed by atoms with Gasteiger partial charge in [0, 0.05) is 0 Å². The van der Waals surface area contributed by atoms with E-state index in [4.69, 9.17) is 14.1 Å². The Morgan fingerprint density at radius 1 is 1.12 bits per heavy atom. The van der Waals surface area contributed by atoms with E-state index in [-0.39, 0.29) is 30.5 Å². The summed E-state index contributed by atoms with van der Waals surface area (Å²) in [6.45, 7) is 7.27. The Morgan fingerprint density at radius 2 is 1.76 bits per heavy atom. The number of ether oxygens (including phenoxy) is 1. The Morgan fingerprint density at radius 3 is 2.32 bits per heavy atom. The molecular weight excluding hydrogens is 538 g/mol. The van der Waals surface area contributed by atoms with E-state index >= 15 is 0 Å². The molecule has 0 saturated carbocycles. The van der Waals surface area contributed by atoms with Crippen LogP contribution in [0.2, 0.25) is 13.3 Å². The van der Waals surface area contributed by atoms with Crippen molar-refractivity contribution in [1.82, 2.24) is 9.88 Å². The Bertz CT molecular complexity index is 736. The van der Waals surface area contributed by atoms with Crippen LogP contribution in [0, 0.1) is 5.92 Å². The number of esters is 1. The number of rotatable bonds is 15. The van der Waals surface area contributed by atoms with Crippen molar-refractivity contribution in [3.63, 3.8) is 0 Å². The van der Waals surface area contributed by atoms with Gasteiger partial charge in [-0.15, -0.1) is 0 Å². The Hall–Kier alpha value is -0.631. The molecule has 0 radical (unpaired) electrons. The minimum absolute atomic E-state index is 0.0344. The summed E-state index contributed by atoms with van der Waals surface area (Å²) >= 11 is -2.71. The number of hydrogen-bond donors (Lipinski definition) is 0. The number of carbonyl (C=O) groups excluding carboxylic acids is 1. The van der Waals surface area contributed by atoms with Gasteiger partial charge in [0.25, 0.3) is 0 Å². The number of hydrogen-bond acceptors (Lipinski definition) is 5. The summed E-state index contributed by atoms with van der Waals surface area (Å²) in [6.07, 6.45) is 13.0. The molecule has 2 saturated heterocycles. The van der Waals surface area contributed by atoms with Crippen molar-refractivity contribution in [3.05, 3.63) is 12.1 Å². The van der Waals surface area contributed by atoms with Gasteiger partial charge in [0.05, 0.1) is 0 Å². The van der Waals surface area contributed by atoms with E-state index in [1.165, 1.54) is 62.7 Å². The molecule has 5 nitrogen and oxygen atoms in total. The number of halogens is 1. The Labute approximate surface area is 210 Å². The Kier molecular flexibility index (Phi) is 11.2. The van der Waals surface area contributed by atoms with Crippen LogP contribution in [0.3, 0.4) is 0 Å². The van der Waals surface area contributed by atoms with Gasteiger partial charge in [0.1, 0.15) is 0 Å². The molecule has 0 spiro atoms. The topological polar surface area (TPSA) is 55.6 Å². The second-order valence-electron chi connectivity index (χ2n) is 10.6. The van der Waals surface area contributed by atoms with E-state index < -0.39 is 18.4 Å². The SMILES string of the molecule is CCC[CH2][Sn]([CH2]CCC)([CH2]CCC)[c]1cnc(C2CC3CCC(C2C(=O)OC)N3CCCF)o1. The van der Waals surface area contributed by atoms with E-state index in [2.05, 4.69) is 31.9 Å². The zero-order valence-corrected chi connectivity index (χ0v) is 24.8. The van der Waals surface area contributed by atoms with Crippen LogP contribution in [0.5, 0.6) is 0 Å². The zero-order chi connectivity index (χ0) is 24.6. The van der Waals surface area contributed by atoms with Crippen LogP contribution in [-0.4, -0.2) is 66.6 Å². The first-order valence-corrected chi connectivity index (χ1v) is 21.4. The van der Waals surface area contributed by atoms with Gasteiger partial charge >= 0.3 is 211 Å². The molecule has 2 bridgehead atoms. The summed E-state index contributed by atoms with van der Waals surface area (Å²) in [6, 6.07) is 0.484. The van der Waals surface area contributed by atoms with Gasteiger partial charge in [0.15, 0.2) is 0 Å². The molecule has 1 aromatic rings. The van der Waals surface area contributed by atoms with E-state index in [1.807, 2.05) is 0 Å². The Balaban J connectivity index is 1.91. The number of carbonyl (C=O) groups is 1. The van der Waals surface area contributed by atoms with Gasteiger partial charge in [0.2, 0.25) is 0 Å². The maximum atomic E-state index is 13.0. The number of piperidine rings is 1. The molecule has 2 aliphatic rings. The fourth-order valence-corrected chi connectivity index (χ4v) is 21.6. The molecule has 4 unspecified atom stereocenters. The number of oxazole rings is 1. The molecule has 3 rings (SSSR count). The summed E-state index contributed by atoms with van der Waals surface area (Å²) in [5.41, 5.74) is 0. The zero-order valence-electron chi connectivity index (χ0n) is 22.0. The van der Waals surface area contributed by atoms with Crippen LogP contribution in [0.1, 0.15) is 96.8 Å². The summed E-state index contributed by atoms with van der Waals surface area (Å²) in [4.78, 5) is 20.3. The van der Waals surface area contributed by atoms with Crippen molar-refractivity contribution in [2.45, 2.75) is 116 Å². The average Bonchev–Trinajstić information content (AvgIpc) is 3.45. The van der Waals surface area contributed by atoms with Crippen LogP contribution < -0.4 is 3.78 Å². The molecule has 0 N–H and O–H groups in total. The summed E-state index contributed by atoms with van der Waals surface area (Å²) in [5.74, 6) is 0.283. The molecule has 0 aliphatic carbocycles. The molecule has 194 valence electrons. The van der Waals surface area contributed by atoms with Crippen molar-refractivity contribution < 1.29 is 18.3 Å². The predicted octanol–water partition coefficient (Wildman–Crippen LogP) is 6.20. The number of nitrogens with zero attached hydrogens (tertiary/aromatic N) is 2. The van der Waals surface area contributed by atoms with E-state index in [0.29, 0.717) is 19.0 Å². The second kappa shape index (κ2) is 13.6. The van der Waals surface area contributed by atoms with Crippen molar-refractivity contribution >= 4 is 28.1 Å². The van der Waals surface area contributed by atoms with E-state index in [9.17, 15) is 9.18 Å². The van der Waals surface area contributed by atoms with Crippen LogP contribution in [0.25, 0.3) is 0 Å². The third-order valence-electron chi connectivity index (χ3n) is 8.48. The van der Waals surface area contributed by atoms with Crippen LogP contribution >= 0.6 is 0 Å². The molecule has 1 aromatic heterocycles. The van der Waals surface area contributed by atoms with E-state index in [0.717, 1.165) is 25.2 Å². The molecule has 0 aromatic carbocycles. The first kappa shape index (κ1) is 27.9. The second-order valence-corrected chi connectivity index (χ2v) is 23.6. The summed E-state index contributed by atoms with van der Waals surface area (Å²) in [5, 5.41) is 0. The molecule has 7 heteroatoms. The monoisotopic (exact) mass is 586 g/mol. The van der Waals surface area contributed by atoms with Crippen molar-refractivity contribution in [3.8, 4) is 0 Å². The van der Waals surface area contributed by atoms with Crippen LogP contribution in [0.15, 0.2) is 10.6 Å². The van der Waals surface area contributed by atoms with Gasteiger partial charge in [-0.05, 0) is 0 Å². The van der Waals surface area contributed by atoms with Gasteiger partial charge in [-0.1, -0.05) is 0 Å². The van der Waals surface area contributed by atoms with Gasteiger partial charge in [-0.3, -0.25) is 0 Å². The fraction of sp³-hybridized carbons (Fsp3) is 0.852. The third-order valence-corrected chi connectivity index (χ3v) is 23.3. The molecule has 2 fully saturated rings. The molecule has 4 atom stereocenters. The van der Waals surface area contributed by atoms with Crippen LogP contribution in [0.4, 0.5) is 4.39 Å². The molecule has 2 aliphatic heterocycles. The number of methoxy groups -OCH3 is 1. The minimum atomic E-state index is -2.71. The predicted molar refractivity (Wildman–Crippen MR) is 138 cm³/mol. The fourth-order valence-electron chi connectivity index (χ4n) is 6.61. The van der Waals surface area contributed by atoms with Crippen LogP contribution in [-0.2, 0) is 9.53 Å². The normalized spacial score (nSPS) is 25.1. The van der Waals surface area contributed by atoms with Gasteiger partial charge < -0.3 is 0 Å². The number of fused-ring (bicyclic) bond motifs is 2. The summed E-state index contributed by atoms with van der Waals surface area (Å²) < 4.78 is 30.2. The molecule has 34 heavy (non-hydrogen) atoms. The molecule has 3 heterocycles. The first-order valence-electron chi connectivity index (χ1n) is 13.9. The standard InChI is InChI=1S/C15H20FN2O3.3C4H9.Sn/c1-20-15(19)13-11(14-17-6-8-21-14)9-10-3-4-12(13)18(10)7-2-5-16;3*1-3-4-2;/h6,10-13H,2-5,7,9H2,1H3;3*1,3-4H2,2H3;. The van der Waals surface area contributed by atoms with Crippen molar-refractivity contribution in [2.75, 3.05) is 20.3 Å². The quantitative estimate of drug-likeness (QED) is 0.181. The number of aromatic nitrogens is 1. The van der Waals surface area contributed by atoms with Gasteiger partial charge in [-0.25, -0.2) is 0 Å².